The summed E-state index contributed by atoms with van der Waals surface area (Å²) in [4.78, 5) is 13.5. The Bertz CT molecular complexity index is 583. The van der Waals surface area contributed by atoms with Crippen molar-refractivity contribution in [2.45, 2.75) is 0 Å². The highest BCUT2D eigenvalue weighted by atomic mass is 16.6. The molecule has 0 N–H and O–H groups in total. The summed E-state index contributed by atoms with van der Waals surface area (Å²) in [5.41, 5.74) is 1.16. The van der Waals surface area contributed by atoms with Gasteiger partial charge < -0.3 is 10.1 Å². The minimum Gasteiger partial charge on any atom is -0.358 e. The van der Waals surface area contributed by atoms with Gasteiger partial charge in [0.2, 0.25) is 6.33 Å². The van der Waals surface area contributed by atoms with E-state index in [-0.39, 0.29) is 5.82 Å². The first-order chi connectivity index (χ1) is 7.70. The molecule has 0 amide bonds. The molecule has 78 valence electrons. The number of rotatable bonds is 2. The molecule has 1 heterocycles. The smallest absolute Gasteiger partial charge is 0.358 e. The van der Waals surface area contributed by atoms with Crippen LogP contribution in [0.2, 0.25) is 0 Å². The van der Waals surface area contributed by atoms with Crippen LogP contribution in [0, 0.1) is 21.4 Å². The number of nitriles is 1. The molecule has 16 heavy (non-hydrogen) atoms. The fourth-order valence-electron chi connectivity index (χ4n) is 1.28. The summed E-state index contributed by atoms with van der Waals surface area (Å²) >= 11 is 0. The van der Waals surface area contributed by atoms with E-state index in [4.69, 9.17) is 5.26 Å². The van der Waals surface area contributed by atoms with Crippen molar-refractivity contribution in [2.75, 3.05) is 0 Å². The van der Waals surface area contributed by atoms with Gasteiger partial charge in [-0.1, -0.05) is 6.07 Å². The first-order valence-corrected chi connectivity index (χ1v) is 4.39. The highest BCUT2D eigenvalue weighted by Crippen LogP contribution is 2.13. The second-order valence-electron chi connectivity index (χ2n) is 3.06. The van der Waals surface area contributed by atoms with Crippen LogP contribution in [-0.4, -0.2) is 14.5 Å². The lowest BCUT2D eigenvalue weighted by Crippen LogP contribution is -1.90. The van der Waals surface area contributed by atoms with E-state index in [1.807, 2.05) is 6.07 Å². The van der Waals surface area contributed by atoms with E-state index in [2.05, 4.69) is 4.98 Å². The third-order valence-electron chi connectivity index (χ3n) is 2.03. The van der Waals surface area contributed by atoms with Gasteiger partial charge in [-0.2, -0.15) is 5.26 Å². The lowest BCUT2D eigenvalue weighted by Gasteiger charge is -1.99. The predicted molar refractivity (Wildman–Crippen MR) is 54.9 cm³/mol. The first-order valence-electron chi connectivity index (χ1n) is 4.39. The quantitative estimate of drug-likeness (QED) is 0.562. The minimum absolute atomic E-state index is 0.220. The maximum Gasteiger partial charge on any atom is 0.381 e. The number of nitro groups is 1. The molecule has 0 atom stereocenters. The Morgan fingerprint density at radius 3 is 2.94 bits per heavy atom. The van der Waals surface area contributed by atoms with Crippen molar-refractivity contribution >= 4 is 5.82 Å². The molecule has 6 nitrogen and oxygen atoms in total. The van der Waals surface area contributed by atoms with E-state index >= 15 is 0 Å². The van der Waals surface area contributed by atoms with Crippen LogP contribution in [-0.2, 0) is 0 Å². The molecule has 1 aromatic carbocycles. The van der Waals surface area contributed by atoms with Crippen LogP contribution in [0.5, 0.6) is 0 Å². The zero-order chi connectivity index (χ0) is 11.5. The van der Waals surface area contributed by atoms with Crippen molar-refractivity contribution in [3.05, 3.63) is 52.5 Å². The highest BCUT2D eigenvalue weighted by molar-refractivity contribution is 5.42. The molecule has 0 unspecified atom stereocenters. The van der Waals surface area contributed by atoms with E-state index in [9.17, 15) is 10.1 Å². The lowest BCUT2D eigenvalue weighted by atomic mass is 10.2. The first kappa shape index (κ1) is 9.86. The van der Waals surface area contributed by atoms with Crippen LogP contribution in [0.15, 0.2) is 36.8 Å². The van der Waals surface area contributed by atoms with Crippen LogP contribution < -0.4 is 0 Å². The van der Waals surface area contributed by atoms with Crippen LogP contribution in [0.4, 0.5) is 5.82 Å². The zero-order valence-electron chi connectivity index (χ0n) is 8.07. The number of hydrogen-bond donors (Lipinski definition) is 0. The van der Waals surface area contributed by atoms with Gasteiger partial charge in [0, 0.05) is 0 Å². The summed E-state index contributed by atoms with van der Waals surface area (Å²) in [5.74, 6) is -0.220. The molecule has 0 spiro atoms. The van der Waals surface area contributed by atoms with E-state index < -0.39 is 4.92 Å². The summed E-state index contributed by atoms with van der Waals surface area (Å²) < 4.78 is 1.50. The molecule has 0 saturated carbocycles. The van der Waals surface area contributed by atoms with Crippen LogP contribution in [0.3, 0.4) is 0 Å². The van der Waals surface area contributed by atoms with Crippen molar-refractivity contribution in [3.63, 3.8) is 0 Å². The third-order valence-corrected chi connectivity index (χ3v) is 2.03. The van der Waals surface area contributed by atoms with E-state index in [1.54, 1.807) is 24.3 Å². The average Bonchev–Trinajstić information content (AvgIpc) is 2.78. The fraction of sp³-hybridized carbons (Fsp3) is 0. The SMILES string of the molecule is N#Cc1cccc(-n2cnc([N+](=O)[O-])c2)c1. The van der Waals surface area contributed by atoms with Gasteiger partial charge in [0.15, 0.2) is 0 Å². The Morgan fingerprint density at radius 2 is 2.31 bits per heavy atom. The Kier molecular flexibility index (Phi) is 2.36. The summed E-state index contributed by atoms with van der Waals surface area (Å²) in [6.45, 7) is 0. The zero-order valence-corrected chi connectivity index (χ0v) is 8.07. The maximum absolute atomic E-state index is 10.4. The minimum atomic E-state index is -0.565. The molecule has 2 aromatic rings. The summed E-state index contributed by atoms with van der Waals surface area (Å²) in [7, 11) is 0. The van der Waals surface area contributed by atoms with Gasteiger partial charge in [-0.15, -0.1) is 0 Å². The average molecular weight is 214 g/mol. The largest absolute Gasteiger partial charge is 0.381 e. The normalized spacial score (nSPS) is 9.69. The van der Waals surface area contributed by atoms with Crippen LogP contribution in [0.1, 0.15) is 5.56 Å². The monoisotopic (exact) mass is 214 g/mol. The van der Waals surface area contributed by atoms with Gasteiger partial charge in [0.1, 0.15) is 6.20 Å². The van der Waals surface area contributed by atoms with E-state index in [0.717, 1.165) is 0 Å². The van der Waals surface area contributed by atoms with Crippen molar-refractivity contribution < 1.29 is 4.92 Å². The van der Waals surface area contributed by atoms with Gasteiger partial charge in [-0.25, -0.2) is 0 Å². The summed E-state index contributed by atoms with van der Waals surface area (Å²) in [6, 6.07) is 8.74. The van der Waals surface area contributed by atoms with Gasteiger partial charge in [0.25, 0.3) is 0 Å². The van der Waals surface area contributed by atoms with Crippen LogP contribution in [0.25, 0.3) is 5.69 Å². The van der Waals surface area contributed by atoms with Gasteiger partial charge in [-0.05, 0) is 28.1 Å². The summed E-state index contributed by atoms with van der Waals surface area (Å²) in [5, 5.41) is 19.2. The molecule has 0 aliphatic carbocycles. The number of hydrogen-bond acceptors (Lipinski definition) is 4. The Hall–Kier alpha value is -2.68. The van der Waals surface area contributed by atoms with Crippen molar-refractivity contribution in [3.8, 4) is 11.8 Å². The van der Waals surface area contributed by atoms with Crippen molar-refractivity contribution in [1.82, 2.24) is 9.55 Å². The molecular weight excluding hydrogens is 208 g/mol. The number of nitrogens with zero attached hydrogens (tertiary/aromatic N) is 4. The predicted octanol–water partition coefficient (Wildman–Crippen LogP) is 1.65. The molecule has 0 aliphatic rings. The maximum atomic E-state index is 10.4. The molecule has 0 bridgehead atoms. The van der Waals surface area contributed by atoms with E-state index in [1.165, 1.54) is 17.1 Å². The van der Waals surface area contributed by atoms with Crippen LogP contribution >= 0.6 is 0 Å². The number of imidazole rings is 1. The number of benzene rings is 1. The molecule has 6 heteroatoms. The highest BCUT2D eigenvalue weighted by Gasteiger charge is 2.10. The van der Waals surface area contributed by atoms with Gasteiger partial charge in [0.05, 0.1) is 17.3 Å². The molecule has 0 saturated heterocycles. The lowest BCUT2D eigenvalue weighted by molar-refractivity contribution is -0.389. The third kappa shape index (κ3) is 1.74. The molecular formula is C10H6N4O2. The molecule has 0 aliphatic heterocycles. The molecule has 0 fully saturated rings. The Morgan fingerprint density at radius 1 is 1.50 bits per heavy atom. The fourth-order valence-corrected chi connectivity index (χ4v) is 1.28. The van der Waals surface area contributed by atoms with Crippen molar-refractivity contribution in [2.24, 2.45) is 0 Å². The second-order valence-corrected chi connectivity index (χ2v) is 3.06. The second kappa shape index (κ2) is 3.82. The summed E-state index contributed by atoms with van der Waals surface area (Å²) in [6.07, 6.45) is 2.64. The Balaban J connectivity index is 2.43. The van der Waals surface area contributed by atoms with Crippen molar-refractivity contribution in [1.29, 1.82) is 5.26 Å². The van der Waals surface area contributed by atoms with Gasteiger partial charge in [-0.3, -0.25) is 4.57 Å². The Labute approximate surface area is 90.5 Å². The van der Waals surface area contributed by atoms with E-state index in [0.29, 0.717) is 11.3 Å². The van der Waals surface area contributed by atoms with Gasteiger partial charge >= 0.3 is 5.82 Å². The topological polar surface area (TPSA) is 84.8 Å². The molecule has 0 radical (unpaired) electrons. The standard InChI is InChI=1S/C10H6N4O2/c11-5-8-2-1-3-9(4-8)13-6-10(12-7-13)14(15)16/h1-4,6-7H. The molecule has 1 aromatic heterocycles. The number of aromatic nitrogens is 2. The molecule has 2 rings (SSSR count).